The van der Waals surface area contributed by atoms with Gasteiger partial charge < -0.3 is 20.3 Å². The Balaban J connectivity index is 2.36. The quantitative estimate of drug-likeness (QED) is 0.688. The summed E-state index contributed by atoms with van der Waals surface area (Å²) in [5.41, 5.74) is -0.410. The number of carboxylic acid groups (broad SMARTS) is 1. The van der Waals surface area contributed by atoms with E-state index in [2.05, 4.69) is 5.32 Å². The van der Waals surface area contributed by atoms with Crippen LogP contribution in [0.1, 0.15) is 21.5 Å². The summed E-state index contributed by atoms with van der Waals surface area (Å²) in [6, 6.07) is 4.31. The van der Waals surface area contributed by atoms with E-state index in [9.17, 15) is 23.1 Å². The molecule has 0 saturated heterocycles. The molecule has 0 aliphatic heterocycles. The average Bonchev–Trinajstić information content (AvgIpc) is 2.54. The molecule has 0 saturated carbocycles. The normalized spacial score (nSPS) is 11.3. The highest BCUT2D eigenvalue weighted by Crippen LogP contribution is 2.37. The van der Waals surface area contributed by atoms with E-state index in [1.165, 1.54) is 27.1 Å². The minimum absolute atomic E-state index is 0.0838. The zero-order chi connectivity index (χ0) is 19.6. The van der Waals surface area contributed by atoms with Crippen molar-refractivity contribution in [3.63, 3.8) is 0 Å². The molecular formula is C16H14BClF3NO4. The summed E-state index contributed by atoms with van der Waals surface area (Å²) in [4.78, 5) is 11.0. The maximum Gasteiger partial charge on any atom is 0.416 e. The van der Waals surface area contributed by atoms with Crippen molar-refractivity contribution >= 4 is 36.6 Å². The highest BCUT2D eigenvalue weighted by atomic mass is 35.5. The van der Waals surface area contributed by atoms with Gasteiger partial charge in [-0.05, 0) is 29.7 Å². The van der Waals surface area contributed by atoms with Gasteiger partial charge in [0, 0.05) is 17.8 Å². The number of phenols is 1. The van der Waals surface area contributed by atoms with Gasteiger partial charge in [0.2, 0.25) is 0 Å². The Labute approximate surface area is 152 Å². The van der Waals surface area contributed by atoms with Crippen molar-refractivity contribution in [3.05, 3.63) is 46.0 Å². The molecule has 0 spiro atoms. The second-order valence-corrected chi connectivity index (χ2v) is 5.85. The summed E-state index contributed by atoms with van der Waals surface area (Å²) in [5, 5.41) is 21.6. The molecule has 0 heterocycles. The van der Waals surface area contributed by atoms with E-state index in [1.807, 2.05) is 0 Å². The van der Waals surface area contributed by atoms with Gasteiger partial charge in [0.25, 0.3) is 0 Å². The van der Waals surface area contributed by atoms with Gasteiger partial charge >= 0.3 is 12.1 Å². The molecule has 0 aliphatic carbocycles. The third-order valence-electron chi connectivity index (χ3n) is 3.78. The number of carboxylic acids is 1. The largest absolute Gasteiger partial charge is 0.508 e. The molecular weight excluding hydrogens is 373 g/mol. The number of anilines is 1. The van der Waals surface area contributed by atoms with Gasteiger partial charge in [-0.3, -0.25) is 0 Å². The molecule has 0 aliphatic rings. The number of benzene rings is 2. The van der Waals surface area contributed by atoms with Gasteiger partial charge in [0.05, 0.1) is 17.7 Å². The van der Waals surface area contributed by atoms with Gasteiger partial charge in [0.1, 0.15) is 24.9 Å². The van der Waals surface area contributed by atoms with Crippen LogP contribution in [0.2, 0.25) is 5.02 Å². The molecule has 0 amide bonds. The fourth-order valence-electron chi connectivity index (χ4n) is 2.43. The first kappa shape index (κ1) is 19.8. The monoisotopic (exact) mass is 387 g/mol. The minimum Gasteiger partial charge on any atom is -0.508 e. The molecule has 2 rings (SSSR count). The molecule has 2 aromatic rings. The van der Waals surface area contributed by atoms with Crippen molar-refractivity contribution in [2.45, 2.75) is 12.7 Å². The molecule has 0 aromatic heterocycles. The first-order valence-corrected chi connectivity index (χ1v) is 7.67. The van der Waals surface area contributed by atoms with Crippen LogP contribution in [0, 0.1) is 0 Å². The zero-order valence-electron chi connectivity index (χ0n) is 13.7. The topological polar surface area (TPSA) is 78.8 Å². The van der Waals surface area contributed by atoms with Crippen LogP contribution < -0.4 is 15.5 Å². The molecule has 2 aromatic carbocycles. The maximum atomic E-state index is 13.0. The number of hydrogen-bond donors (Lipinski definition) is 3. The Morgan fingerprint density at radius 3 is 2.54 bits per heavy atom. The Kier molecular flexibility index (Phi) is 5.60. The molecule has 0 radical (unpaired) electrons. The van der Waals surface area contributed by atoms with Crippen LogP contribution in [0.25, 0.3) is 0 Å². The maximum absolute atomic E-state index is 13.0. The van der Waals surface area contributed by atoms with E-state index in [0.29, 0.717) is 5.69 Å². The van der Waals surface area contributed by atoms with Gasteiger partial charge in [-0.2, -0.15) is 13.2 Å². The second kappa shape index (κ2) is 7.37. The highest BCUT2D eigenvalue weighted by molar-refractivity contribution is 6.38. The van der Waals surface area contributed by atoms with Crippen LogP contribution in [-0.2, 0) is 12.7 Å². The van der Waals surface area contributed by atoms with Crippen molar-refractivity contribution in [1.29, 1.82) is 0 Å². The number of aromatic hydroxyl groups is 1. The molecule has 3 N–H and O–H groups in total. The number of rotatable bonds is 5. The number of nitrogens with one attached hydrogen (secondary N) is 1. The summed E-state index contributed by atoms with van der Waals surface area (Å²) < 4.78 is 44.0. The third kappa shape index (κ3) is 3.99. The van der Waals surface area contributed by atoms with E-state index in [-0.39, 0.29) is 33.9 Å². The lowest BCUT2D eigenvalue weighted by atomic mass is 9.90. The van der Waals surface area contributed by atoms with Crippen molar-refractivity contribution in [3.8, 4) is 11.5 Å². The van der Waals surface area contributed by atoms with Gasteiger partial charge in [0.15, 0.2) is 0 Å². The molecule has 138 valence electrons. The molecule has 10 heteroatoms. The summed E-state index contributed by atoms with van der Waals surface area (Å²) in [7, 11) is 2.77. The number of alkyl halides is 3. The number of aromatic carboxylic acids is 1. The predicted molar refractivity (Wildman–Crippen MR) is 93.6 cm³/mol. The number of carbonyl (C=O) groups is 1. The lowest BCUT2D eigenvalue weighted by molar-refractivity contribution is -0.137. The Morgan fingerprint density at radius 1 is 1.35 bits per heavy atom. The fraction of sp³-hybridized carbons (Fsp3) is 0.188. The van der Waals surface area contributed by atoms with Crippen molar-refractivity contribution in [2.75, 3.05) is 12.4 Å². The Hall–Kier alpha value is -2.55. The van der Waals surface area contributed by atoms with Crippen LogP contribution in [0.3, 0.4) is 0 Å². The van der Waals surface area contributed by atoms with Crippen molar-refractivity contribution in [2.24, 2.45) is 0 Å². The minimum atomic E-state index is -4.57. The van der Waals surface area contributed by atoms with E-state index < -0.39 is 23.5 Å². The van der Waals surface area contributed by atoms with Crippen molar-refractivity contribution < 1.29 is 32.9 Å². The predicted octanol–water partition coefficient (Wildman–Crippen LogP) is 2.64. The summed E-state index contributed by atoms with van der Waals surface area (Å²) in [5.74, 6) is -1.61. The smallest absolute Gasteiger partial charge is 0.416 e. The zero-order valence-corrected chi connectivity index (χ0v) is 14.5. The SMILES string of the molecule is Bc1c(NCc2cc(C(F)(F)F)cc(Cl)c2OC)ccc(C(=O)O)c1O. The molecule has 0 fully saturated rings. The van der Waals surface area contributed by atoms with Gasteiger partial charge in [-0.25, -0.2) is 4.79 Å². The molecule has 5 nitrogen and oxygen atoms in total. The van der Waals surface area contributed by atoms with Crippen LogP contribution in [0.4, 0.5) is 18.9 Å². The summed E-state index contributed by atoms with van der Waals surface area (Å²) >= 11 is 5.88. The molecule has 0 bridgehead atoms. The Bertz CT molecular complexity index is 858. The highest BCUT2D eigenvalue weighted by Gasteiger charge is 2.32. The molecule has 0 unspecified atom stereocenters. The van der Waals surface area contributed by atoms with Gasteiger partial charge in [-0.15, -0.1) is 0 Å². The lowest BCUT2D eigenvalue weighted by Gasteiger charge is -2.17. The van der Waals surface area contributed by atoms with Gasteiger partial charge in [-0.1, -0.05) is 11.6 Å². The van der Waals surface area contributed by atoms with Crippen molar-refractivity contribution in [1.82, 2.24) is 0 Å². The van der Waals surface area contributed by atoms with E-state index >= 15 is 0 Å². The molecule has 0 atom stereocenters. The van der Waals surface area contributed by atoms with Crippen LogP contribution in [0.5, 0.6) is 11.5 Å². The average molecular weight is 388 g/mol. The van der Waals surface area contributed by atoms with E-state index in [1.54, 1.807) is 0 Å². The standard InChI is InChI=1S/C16H14BClF3NO4/c1-26-14-7(4-8(5-10(14)18)16(19,20)21)6-22-11-3-2-9(15(24)25)13(23)12(11)17/h2-5,22-23H,6,17H2,1H3,(H,24,25). The Morgan fingerprint density at radius 2 is 2.00 bits per heavy atom. The summed E-state index contributed by atoms with van der Waals surface area (Å²) in [6.45, 7) is -0.0838. The van der Waals surface area contributed by atoms with Crippen LogP contribution in [-0.4, -0.2) is 31.1 Å². The number of halogens is 4. The number of methoxy groups -OCH3 is 1. The molecule has 26 heavy (non-hydrogen) atoms. The van der Waals surface area contributed by atoms with E-state index in [4.69, 9.17) is 21.4 Å². The van der Waals surface area contributed by atoms with Crippen LogP contribution >= 0.6 is 11.6 Å². The lowest BCUT2D eigenvalue weighted by Crippen LogP contribution is -2.16. The second-order valence-electron chi connectivity index (χ2n) is 5.44. The fourth-order valence-corrected chi connectivity index (χ4v) is 2.74. The number of ether oxygens (including phenoxy) is 1. The first-order chi connectivity index (χ1) is 12.1. The van der Waals surface area contributed by atoms with Crippen LogP contribution in [0.15, 0.2) is 24.3 Å². The summed E-state index contributed by atoms with van der Waals surface area (Å²) in [6.07, 6.45) is -4.57. The van der Waals surface area contributed by atoms with E-state index in [0.717, 1.165) is 12.1 Å². The third-order valence-corrected chi connectivity index (χ3v) is 4.06. The number of hydrogen-bond acceptors (Lipinski definition) is 4. The first-order valence-electron chi connectivity index (χ1n) is 7.29.